The van der Waals surface area contributed by atoms with Crippen LogP contribution in [0.2, 0.25) is 0 Å². The topological polar surface area (TPSA) is 92.7 Å². The van der Waals surface area contributed by atoms with E-state index in [-0.39, 0.29) is 22.3 Å². The molecule has 1 aromatic heterocycles. The highest BCUT2D eigenvalue weighted by atomic mass is 32.2. The first kappa shape index (κ1) is 18.3. The normalized spacial score (nSPS) is 14.4. The summed E-state index contributed by atoms with van der Waals surface area (Å²) in [5.41, 5.74) is 2.17. The van der Waals surface area contributed by atoms with Crippen LogP contribution in [0.5, 0.6) is 0 Å². The van der Waals surface area contributed by atoms with Crippen molar-refractivity contribution in [3.63, 3.8) is 0 Å². The summed E-state index contributed by atoms with van der Waals surface area (Å²) in [6.45, 7) is 2.17. The molecule has 0 unspecified atom stereocenters. The standard InChI is InChI=1S/C19H18N4O4S/c24-18(13-28-19-20-14-5-1-4-8-17(14)27-19)22-11-9-21(10-12-22)15-6-2-3-7-16(15)23(25)26/h1-8H,9-13H2. The van der Waals surface area contributed by atoms with Gasteiger partial charge in [0.1, 0.15) is 11.2 Å². The zero-order chi connectivity index (χ0) is 19.5. The van der Waals surface area contributed by atoms with Crippen molar-refractivity contribution in [1.29, 1.82) is 0 Å². The molecule has 144 valence electrons. The smallest absolute Gasteiger partial charge is 0.292 e. The number of oxazole rings is 1. The number of fused-ring (bicyclic) bond motifs is 1. The monoisotopic (exact) mass is 398 g/mol. The average Bonchev–Trinajstić information content (AvgIpc) is 3.15. The average molecular weight is 398 g/mol. The third-order valence-corrected chi connectivity index (χ3v) is 5.46. The predicted octanol–water partition coefficient (Wildman–Crippen LogP) is 3.18. The summed E-state index contributed by atoms with van der Waals surface area (Å²) in [5.74, 6) is 0.257. The van der Waals surface area contributed by atoms with Crippen LogP contribution >= 0.6 is 11.8 Å². The molecule has 0 aliphatic carbocycles. The van der Waals surface area contributed by atoms with Crippen molar-refractivity contribution in [3.05, 3.63) is 58.6 Å². The third kappa shape index (κ3) is 3.79. The lowest BCUT2D eigenvalue weighted by Crippen LogP contribution is -2.49. The Labute approximate surface area is 165 Å². The number of hydrogen-bond donors (Lipinski definition) is 0. The van der Waals surface area contributed by atoms with E-state index in [0.29, 0.717) is 42.7 Å². The fourth-order valence-electron chi connectivity index (χ4n) is 3.21. The number of nitrogens with zero attached hydrogens (tertiary/aromatic N) is 4. The van der Waals surface area contributed by atoms with E-state index in [9.17, 15) is 14.9 Å². The number of piperazine rings is 1. The van der Waals surface area contributed by atoms with Crippen LogP contribution < -0.4 is 4.90 Å². The molecule has 1 aliphatic rings. The quantitative estimate of drug-likeness (QED) is 0.370. The van der Waals surface area contributed by atoms with E-state index >= 15 is 0 Å². The van der Waals surface area contributed by atoms with Gasteiger partial charge in [-0.15, -0.1) is 0 Å². The third-order valence-electron chi connectivity index (χ3n) is 4.64. The van der Waals surface area contributed by atoms with Gasteiger partial charge in [0.15, 0.2) is 5.58 Å². The molecule has 28 heavy (non-hydrogen) atoms. The molecule has 0 saturated carbocycles. The van der Waals surface area contributed by atoms with E-state index in [0.717, 1.165) is 5.52 Å². The minimum Gasteiger partial charge on any atom is -0.431 e. The van der Waals surface area contributed by atoms with Gasteiger partial charge in [-0.25, -0.2) is 4.98 Å². The molecule has 2 aromatic carbocycles. The molecular weight excluding hydrogens is 380 g/mol. The number of thioether (sulfide) groups is 1. The first-order valence-electron chi connectivity index (χ1n) is 8.86. The van der Waals surface area contributed by atoms with Gasteiger partial charge >= 0.3 is 0 Å². The van der Waals surface area contributed by atoms with Gasteiger partial charge in [0.05, 0.1) is 10.7 Å². The van der Waals surface area contributed by atoms with Gasteiger partial charge in [-0.3, -0.25) is 14.9 Å². The number of carbonyl (C=O) groups excluding carboxylic acids is 1. The summed E-state index contributed by atoms with van der Waals surface area (Å²) in [5, 5.41) is 11.7. The molecule has 8 nitrogen and oxygen atoms in total. The lowest BCUT2D eigenvalue weighted by atomic mass is 10.2. The molecule has 0 N–H and O–H groups in total. The van der Waals surface area contributed by atoms with Crippen LogP contribution in [0, 0.1) is 10.1 Å². The second kappa shape index (κ2) is 7.89. The maximum Gasteiger partial charge on any atom is 0.292 e. The molecule has 0 spiro atoms. The number of amides is 1. The highest BCUT2D eigenvalue weighted by molar-refractivity contribution is 7.99. The summed E-state index contributed by atoms with van der Waals surface area (Å²) in [7, 11) is 0. The zero-order valence-electron chi connectivity index (χ0n) is 15.0. The molecule has 0 atom stereocenters. The number of nitro benzene ring substituents is 1. The van der Waals surface area contributed by atoms with Crippen LogP contribution in [0.1, 0.15) is 0 Å². The molecule has 1 fully saturated rings. The highest BCUT2D eigenvalue weighted by Crippen LogP contribution is 2.28. The fraction of sp³-hybridized carbons (Fsp3) is 0.263. The number of benzene rings is 2. The van der Waals surface area contributed by atoms with Gasteiger partial charge in [-0.1, -0.05) is 36.0 Å². The Morgan fingerprint density at radius 1 is 1.11 bits per heavy atom. The van der Waals surface area contributed by atoms with Gasteiger partial charge in [-0.2, -0.15) is 0 Å². The summed E-state index contributed by atoms with van der Waals surface area (Å²) < 4.78 is 5.63. The number of nitro groups is 1. The van der Waals surface area contributed by atoms with Crippen molar-refractivity contribution in [2.75, 3.05) is 36.8 Å². The van der Waals surface area contributed by atoms with E-state index in [1.54, 1.807) is 23.1 Å². The Hall–Kier alpha value is -3.07. The van der Waals surface area contributed by atoms with Crippen molar-refractivity contribution >= 4 is 40.1 Å². The Morgan fingerprint density at radius 3 is 2.57 bits per heavy atom. The number of para-hydroxylation sites is 4. The number of aromatic nitrogens is 1. The highest BCUT2D eigenvalue weighted by Gasteiger charge is 2.25. The van der Waals surface area contributed by atoms with Crippen LogP contribution in [0.25, 0.3) is 11.1 Å². The molecule has 1 aliphatic heterocycles. The summed E-state index contributed by atoms with van der Waals surface area (Å²) in [6.07, 6.45) is 0. The summed E-state index contributed by atoms with van der Waals surface area (Å²) >= 11 is 1.28. The maximum absolute atomic E-state index is 12.5. The van der Waals surface area contributed by atoms with Crippen LogP contribution in [-0.2, 0) is 4.79 Å². The van der Waals surface area contributed by atoms with Crippen molar-refractivity contribution < 1.29 is 14.1 Å². The molecule has 0 bridgehead atoms. The van der Waals surface area contributed by atoms with Crippen molar-refractivity contribution in [3.8, 4) is 0 Å². The van der Waals surface area contributed by atoms with Gasteiger partial charge < -0.3 is 14.2 Å². The molecule has 1 saturated heterocycles. The van der Waals surface area contributed by atoms with Crippen LogP contribution in [0.4, 0.5) is 11.4 Å². The molecule has 3 aromatic rings. The van der Waals surface area contributed by atoms with Crippen molar-refractivity contribution in [2.45, 2.75) is 5.22 Å². The molecular formula is C19H18N4O4S. The van der Waals surface area contributed by atoms with Gasteiger partial charge in [0.2, 0.25) is 5.91 Å². The van der Waals surface area contributed by atoms with E-state index in [1.165, 1.54) is 17.8 Å². The summed E-state index contributed by atoms with van der Waals surface area (Å²) in [6, 6.07) is 14.2. The van der Waals surface area contributed by atoms with Crippen LogP contribution in [0.15, 0.2) is 58.2 Å². The Balaban J connectivity index is 1.33. The van der Waals surface area contributed by atoms with E-state index in [4.69, 9.17) is 4.42 Å². The molecule has 2 heterocycles. The first-order valence-corrected chi connectivity index (χ1v) is 9.85. The van der Waals surface area contributed by atoms with Gasteiger partial charge in [-0.05, 0) is 18.2 Å². The number of hydrogen-bond acceptors (Lipinski definition) is 7. The predicted molar refractivity (Wildman–Crippen MR) is 107 cm³/mol. The summed E-state index contributed by atoms with van der Waals surface area (Å²) in [4.78, 5) is 31.5. The van der Waals surface area contributed by atoms with Gasteiger partial charge in [0.25, 0.3) is 10.9 Å². The van der Waals surface area contributed by atoms with Crippen LogP contribution in [-0.4, -0.2) is 52.6 Å². The molecule has 4 rings (SSSR count). The molecule has 0 radical (unpaired) electrons. The fourth-order valence-corrected chi connectivity index (χ4v) is 3.95. The second-order valence-electron chi connectivity index (χ2n) is 6.35. The van der Waals surface area contributed by atoms with Crippen molar-refractivity contribution in [1.82, 2.24) is 9.88 Å². The number of anilines is 1. The number of rotatable bonds is 5. The minimum atomic E-state index is -0.371. The maximum atomic E-state index is 12.5. The van der Waals surface area contributed by atoms with Crippen molar-refractivity contribution in [2.24, 2.45) is 0 Å². The molecule has 9 heteroatoms. The molecule has 1 amide bonds. The van der Waals surface area contributed by atoms with E-state index < -0.39 is 0 Å². The lowest BCUT2D eigenvalue weighted by Gasteiger charge is -2.35. The Morgan fingerprint density at radius 2 is 1.82 bits per heavy atom. The SMILES string of the molecule is O=C(CSc1nc2ccccc2o1)N1CCN(c2ccccc2[N+](=O)[O-])CC1. The van der Waals surface area contributed by atoms with E-state index in [2.05, 4.69) is 4.98 Å². The minimum absolute atomic E-state index is 0.00877. The lowest BCUT2D eigenvalue weighted by molar-refractivity contribution is -0.384. The zero-order valence-corrected chi connectivity index (χ0v) is 15.8. The van der Waals surface area contributed by atoms with E-state index in [1.807, 2.05) is 29.2 Å². The first-order chi connectivity index (χ1) is 13.6. The van der Waals surface area contributed by atoms with Crippen LogP contribution in [0.3, 0.4) is 0 Å². The Kier molecular flexibility index (Phi) is 5.16. The van der Waals surface area contributed by atoms with Gasteiger partial charge in [0, 0.05) is 32.2 Å². The number of carbonyl (C=O) groups is 1. The largest absolute Gasteiger partial charge is 0.431 e. The Bertz CT molecular complexity index is 981. The second-order valence-corrected chi connectivity index (χ2v) is 7.28.